The number of halogens is 2. The highest BCUT2D eigenvalue weighted by Crippen LogP contribution is 2.11. The van der Waals surface area contributed by atoms with Crippen molar-refractivity contribution in [1.82, 2.24) is 9.80 Å². The largest absolute Gasteiger partial charge is 0.302 e. The summed E-state index contributed by atoms with van der Waals surface area (Å²) in [6.45, 7) is 3.99. The second kappa shape index (κ2) is 6.90. The molecule has 0 unspecified atom stereocenters. The third-order valence-corrected chi connectivity index (χ3v) is 3.64. The monoisotopic (exact) mass is 282 g/mol. The van der Waals surface area contributed by atoms with Gasteiger partial charge in [-0.2, -0.15) is 0 Å². The number of likely N-dealkylation sites (tertiary alicyclic amines) is 1. The fourth-order valence-electron chi connectivity index (χ4n) is 2.44. The van der Waals surface area contributed by atoms with Gasteiger partial charge in [0.25, 0.3) is 0 Å². The predicted octanol–water partition coefficient (Wildman–Crippen LogP) is 2.18. The molecule has 0 amide bonds. The van der Waals surface area contributed by atoms with E-state index in [0.29, 0.717) is 0 Å². The van der Waals surface area contributed by atoms with E-state index in [9.17, 15) is 13.6 Å². The normalized spacial score (nSPS) is 16.0. The van der Waals surface area contributed by atoms with Crippen molar-refractivity contribution in [3.63, 3.8) is 0 Å². The molecule has 0 saturated carbocycles. The maximum atomic E-state index is 13.5. The molecule has 1 aliphatic rings. The van der Waals surface area contributed by atoms with E-state index in [0.717, 1.165) is 44.4 Å². The molecule has 110 valence electrons. The van der Waals surface area contributed by atoms with Crippen LogP contribution in [0.1, 0.15) is 23.2 Å². The van der Waals surface area contributed by atoms with Crippen LogP contribution in [0.15, 0.2) is 18.2 Å². The molecular weight excluding hydrogens is 262 g/mol. The smallest absolute Gasteiger partial charge is 0.179 e. The van der Waals surface area contributed by atoms with E-state index >= 15 is 0 Å². The van der Waals surface area contributed by atoms with Crippen LogP contribution in [0.25, 0.3) is 0 Å². The number of hydrogen-bond donors (Lipinski definition) is 0. The van der Waals surface area contributed by atoms with Crippen molar-refractivity contribution < 1.29 is 13.6 Å². The van der Waals surface area contributed by atoms with Crippen LogP contribution in [-0.2, 0) is 0 Å². The fourth-order valence-corrected chi connectivity index (χ4v) is 2.44. The quantitative estimate of drug-likeness (QED) is 0.747. The van der Waals surface area contributed by atoms with E-state index in [1.807, 2.05) is 11.9 Å². The molecule has 5 heteroatoms. The Morgan fingerprint density at radius 2 is 2.00 bits per heavy atom. The first-order valence-corrected chi connectivity index (χ1v) is 6.95. The Morgan fingerprint density at radius 1 is 1.30 bits per heavy atom. The topological polar surface area (TPSA) is 23.6 Å². The van der Waals surface area contributed by atoms with E-state index in [1.165, 1.54) is 12.8 Å². The first-order valence-electron chi connectivity index (χ1n) is 6.95. The van der Waals surface area contributed by atoms with Gasteiger partial charge in [0.2, 0.25) is 0 Å². The van der Waals surface area contributed by atoms with Crippen LogP contribution in [0.5, 0.6) is 0 Å². The molecule has 1 aromatic rings. The van der Waals surface area contributed by atoms with Crippen molar-refractivity contribution >= 4 is 5.78 Å². The average Bonchev–Trinajstić information content (AvgIpc) is 2.92. The van der Waals surface area contributed by atoms with Crippen LogP contribution >= 0.6 is 0 Å². The summed E-state index contributed by atoms with van der Waals surface area (Å²) in [4.78, 5) is 16.2. The lowest BCUT2D eigenvalue weighted by Gasteiger charge is -2.20. The Hall–Kier alpha value is -1.33. The van der Waals surface area contributed by atoms with Gasteiger partial charge in [-0.3, -0.25) is 9.69 Å². The van der Waals surface area contributed by atoms with E-state index in [2.05, 4.69) is 4.90 Å². The molecule has 1 heterocycles. The van der Waals surface area contributed by atoms with Crippen molar-refractivity contribution in [2.45, 2.75) is 12.8 Å². The van der Waals surface area contributed by atoms with E-state index in [4.69, 9.17) is 0 Å². The van der Waals surface area contributed by atoms with Crippen LogP contribution in [0.2, 0.25) is 0 Å². The molecule has 1 aliphatic heterocycles. The maximum absolute atomic E-state index is 13.5. The molecule has 2 rings (SSSR count). The summed E-state index contributed by atoms with van der Waals surface area (Å²) in [5.41, 5.74) is -0.168. The number of nitrogens with zero attached hydrogens (tertiary/aromatic N) is 2. The lowest BCUT2D eigenvalue weighted by atomic mass is 10.1. The van der Waals surface area contributed by atoms with Gasteiger partial charge < -0.3 is 4.90 Å². The number of rotatable bonds is 6. The summed E-state index contributed by atoms with van der Waals surface area (Å²) < 4.78 is 26.5. The van der Waals surface area contributed by atoms with Gasteiger partial charge in [0.05, 0.1) is 12.1 Å². The molecule has 1 aromatic carbocycles. The van der Waals surface area contributed by atoms with Gasteiger partial charge in [-0.1, -0.05) is 0 Å². The molecule has 1 fully saturated rings. The molecule has 20 heavy (non-hydrogen) atoms. The minimum atomic E-state index is -0.663. The third kappa shape index (κ3) is 4.08. The van der Waals surface area contributed by atoms with Crippen LogP contribution in [0.3, 0.4) is 0 Å². The highest BCUT2D eigenvalue weighted by atomic mass is 19.1. The Morgan fingerprint density at radius 3 is 2.70 bits per heavy atom. The summed E-state index contributed by atoms with van der Waals surface area (Å²) in [5, 5.41) is 0. The number of likely N-dealkylation sites (N-methyl/N-ethyl adjacent to an activating group) is 1. The van der Waals surface area contributed by atoms with Gasteiger partial charge in [0, 0.05) is 13.1 Å². The van der Waals surface area contributed by atoms with Gasteiger partial charge in [-0.25, -0.2) is 8.78 Å². The van der Waals surface area contributed by atoms with Crippen LogP contribution in [-0.4, -0.2) is 55.4 Å². The average molecular weight is 282 g/mol. The molecule has 0 atom stereocenters. The number of carbonyl (C=O) groups is 1. The van der Waals surface area contributed by atoms with Crippen molar-refractivity contribution in [3.05, 3.63) is 35.4 Å². The van der Waals surface area contributed by atoms with Gasteiger partial charge >= 0.3 is 0 Å². The zero-order valence-electron chi connectivity index (χ0n) is 11.7. The molecule has 1 saturated heterocycles. The van der Waals surface area contributed by atoms with Crippen molar-refractivity contribution in [1.29, 1.82) is 0 Å². The molecule has 3 nitrogen and oxygen atoms in total. The molecule has 0 bridgehead atoms. The minimum Gasteiger partial charge on any atom is -0.302 e. The number of hydrogen-bond acceptors (Lipinski definition) is 3. The second-order valence-electron chi connectivity index (χ2n) is 5.33. The number of benzene rings is 1. The molecule has 0 N–H and O–H groups in total. The summed E-state index contributed by atoms with van der Waals surface area (Å²) in [6.07, 6.45) is 2.47. The van der Waals surface area contributed by atoms with E-state index in [-0.39, 0.29) is 17.9 Å². The number of carbonyl (C=O) groups excluding carboxylic acids is 1. The standard InChI is InChI=1S/C15H20F2N2O/c1-18(8-9-19-6-2-3-7-19)11-15(20)13-10-12(16)4-5-14(13)17/h4-5,10H,2-3,6-9,11H2,1H3. The number of Topliss-reactive ketones (excluding diaryl/α,β-unsaturated/α-hetero) is 1. The maximum Gasteiger partial charge on any atom is 0.179 e. The van der Waals surface area contributed by atoms with Crippen LogP contribution in [0, 0.1) is 11.6 Å². The van der Waals surface area contributed by atoms with E-state index in [1.54, 1.807) is 0 Å². The summed E-state index contributed by atoms with van der Waals surface area (Å²) in [5.74, 6) is -1.63. The molecule has 0 aromatic heterocycles. The summed E-state index contributed by atoms with van der Waals surface area (Å²) in [6, 6.07) is 2.97. The highest BCUT2D eigenvalue weighted by molar-refractivity contribution is 5.97. The van der Waals surface area contributed by atoms with Crippen molar-refractivity contribution in [2.75, 3.05) is 39.8 Å². The second-order valence-corrected chi connectivity index (χ2v) is 5.33. The lowest BCUT2D eigenvalue weighted by Crippen LogP contribution is -2.34. The van der Waals surface area contributed by atoms with E-state index < -0.39 is 11.6 Å². The Kier molecular flexibility index (Phi) is 5.20. The van der Waals surface area contributed by atoms with Crippen molar-refractivity contribution in [2.24, 2.45) is 0 Å². The third-order valence-electron chi connectivity index (χ3n) is 3.64. The van der Waals surface area contributed by atoms with Crippen LogP contribution in [0.4, 0.5) is 8.78 Å². The zero-order chi connectivity index (χ0) is 14.5. The van der Waals surface area contributed by atoms with Crippen LogP contribution < -0.4 is 0 Å². The Balaban J connectivity index is 1.85. The highest BCUT2D eigenvalue weighted by Gasteiger charge is 2.16. The predicted molar refractivity (Wildman–Crippen MR) is 73.9 cm³/mol. The van der Waals surface area contributed by atoms with Gasteiger partial charge in [-0.15, -0.1) is 0 Å². The minimum absolute atomic E-state index is 0.105. The lowest BCUT2D eigenvalue weighted by molar-refractivity contribution is 0.0936. The molecule has 0 radical (unpaired) electrons. The number of ketones is 1. The zero-order valence-corrected chi connectivity index (χ0v) is 11.7. The van der Waals surface area contributed by atoms with Crippen molar-refractivity contribution in [3.8, 4) is 0 Å². The molecular formula is C15H20F2N2O. The Bertz CT molecular complexity index is 473. The van der Waals surface area contributed by atoms with Gasteiger partial charge in [0.15, 0.2) is 5.78 Å². The molecule has 0 aliphatic carbocycles. The first-order chi connectivity index (χ1) is 9.56. The van der Waals surface area contributed by atoms with Gasteiger partial charge in [-0.05, 0) is 51.2 Å². The fraction of sp³-hybridized carbons (Fsp3) is 0.533. The Labute approximate surface area is 118 Å². The first kappa shape index (κ1) is 15.1. The molecule has 0 spiro atoms. The summed E-state index contributed by atoms with van der Waals surface area (Å²) in [7, 11) is 1.82. The summed E-state index contributed by atoms with van der Waals surface area (Å²) >= 11 is 0. The van der Waals surface area contributed by atoms with Gasteiger partial charge in [0.1, 0.15) is 11.6 Å². The SMILES string of the molecule is CN(CCN1CCCC1)CC(=O)c1cc(F)ccc1F.